The third-order valence-electron chi connectivity index (χ3n) is 7.03. The lowest BCUT2D eigenvalue weighted by Crippen LogP contribution is -2.43. The molecule has 5 aromatic rings. The van der Waals surface area contributed by atoms with Gasteiger partial charge in [0.1, 0.15) is 11.9 Å². The van der Waals surface area contributed by atoms with E-state index in [-0.39, 0.29) is 16.9 Å². The summed E-state index contributed by atoms with van der Waals surface area (Å²) in [7, 11) is 0. The molecule has 0 amide bonds. The third-order valence-corrected chi connectivity index (χ3v) is 7.03. The zero-order chi connectivity index (χ0) is 26.9. The number of hydrogen-bond acceptors (Lipinski definition) is 5. The van der Waals surface area contributed by atoms with Gasteiger partial charge in [0, 0.05) is 43.9 Å². The number of nitriles is 1. The molecule has 1 aliphatic heterocycles. The number of nitrogens with zero attached hydrogens (tertiary/aromatic N) is 4. The first-order valence-electron chi connectivity index (χ1n) is 12.6. The van der Waals surface area contributed by atoms with E-state index in [0.717, 1.165) is 43.5 Å². The summed E-state index contributed by atoms with van der Waals surface area (Å²) in [5.74, 6) is -3.64. The summed E-state index contributed by atoms with van der Waals surface area (Å²) >= 11 is 0. The molecule has 3 heterocycles. The summed E-state index contributed by atoms with van der Waals surface area (Å²) in [6.45, 7) is 3.51. The lowest BCUT2D eigenvalue weighted by Gasteiger charge is -2.29. The average Bonchev–Trinajstić information content (AvgIpc) is 3.37. The Labute approximate surface area is 222 Å². The van der Waals surface area contributed by atoms with Crippen molar-refractivity contribution in [1.82, 2.24) is 20.5 Å². The summed E-state index contributed by atoms with van der Waals surface area (Å²) in [4.78, 5) is 6.68. The number of hydrogen-bond donors (Lipinski definition) is 2. The van der Waals surface area contributed by atoms with E-state index in [9.17, 15) is 18.4 Å². The fourth-order valence-corrected chi connectivity index (χ4v) is 5.13. The number of rotatable bonds is 5. The Morgan fingerprint density at radius 2 is 1.59 bits per heavy atom. The van der Waals surface area contributed by atoms with E-state index < -0.39 is 23.0 Å². The average molecular weight is 525 g/mol. The van der Waals surface area contributed by atoms with Crippen LogP contribution in [0.1, 0.15) is 16.8 Å². The van der Waals surface area contributed by atoms with E-state index in [1.807, 2.05) is 54.6 Å². The maximum absolute atomic E-state index is 14.9. The van der Waals surface area contributed by atoms with E-state index in [1.54, 1.807) is 0 Å². The van der Waals surface area contributed by atoms with E-state index in [2.05, 4.69) is 31.5 Å². The Hall–Kier alpha value is -4.68. The second-order valence-electron chi connectivity index (χ2n) is 9.38. The summed E-state index contributed by atoms with van der Waals surface area (Å²) in [5.41, 5.74) is 2.98. The molecule has 6 rings (SSSR count). The molecule has 1 aliphatic rings. The molecule has 0 aliphatic carbocycles. The molecule has 0 saturated carbocycles. The van der Waals surface area contributed by atoms with Crippen molar-refractivity contribution in [3.63, 3.8) is 0 Å². The van der Waals surface area contributed by atoms with E-state index >= 15 is 0 Å². The molecule has 194 valence electrons. The van der Waals surface area contributed by atoms with Crippen LogP contribution in [0.15, 0.2) is 66.7 Å². The fourth-order valence-electron chi connectivity index (χ4n) is 5.13. The first-order valence-corrected chi connectivity index (χ1v) is 12.6. The van der Waals surface area contributed by atoms with Crippen LogP contribution in [0.3, 0.4) is 0 Å². The first-order chi connectivity index (χ1) is 19.0. The first kappa shape index (κ1) is 24.6. The second kappa shape index (κ2) is 10.2. The van der Waals surface area contributed by atoms with Crippen molar-refractivity contribution in [3.05, 3.63) is 101 Å². The number of anilines is 1. The molecule has 2 N–H and O–H groups in total. The van der Waals surface area contributed by atoms with Crippen LogP contribution in [-0.4, -0.2) is 41.4 Å². The van der Waals surface area contributed by atoms with Gasteiger partial charge in [-0.05, 0) is 35.4 Å². The largest absolute Gasteiger partial charge is 0.369 e. The maximum atomic E-state index is 14.9. The highest BCUT2D eigenvalue weighted by Gasteiger charge is 2.27. The minimum absolute atomic E-state index is 0.0588. The van der Waals surface area contributed by atoms with E-state index in [0.29, 0.717) is 34.7 Å². The number of aromatic amines is 1. The topological polar surface area (TPSA) is 80.6 Å². The van der Waals surface area contributed by atoms with Crippen LogP contribution >= 0.6 is 0 Å². The van der Waals surface area contributed by atoms with Crippen LogP contribution in [-0.2, 0) is 6.42 Å². The number of H-pyrrole nitrogens is 1. The van der Waals surface area contributed by atoms with E-state index in [4.69, 9.17) is 0 Å². The summed E-state index contributed by atoms with van der Waals surface area (Å²) in [6, 6.07) is 21.0. The lowest BCUT2D eigenvalue weighted by molar-refractivity contribution is 0.498. The molecule has 0 radical (unpaired) electrons. The number of benzene rings is 3. The molecule has 1 saturated heterocycles. The van der Waals surface area contributed by atoms with Crippen LogP contribution < -0.4 is 10.2 Å². The predicted molar refractivity (Wildman–Crippen MR) is 144 cm³/mol. The number of aromatic nitrogens is 3. The van der Waals surface area contributed by atoms with Gasteiger partial charge >= 0.3 is 0 Å². The van der Waals surface area contributed by atoms with E-state index in [1.165, 1.54) is 0 Å². The Morgan fingerprint density at radius 3 is 2.31 bits per heavy atom. The van der Waals surface area contributed by atoms with Gasteiger partial charge in [0.25, 0.3) is 0 Å². The molecule has 3 aromatic carbocycles. The van der Waals surface area contributed by atoms with Crippen molar-refractivity contribution in [1.29, 1.82) is 5.26 Å². The fraction of sp³-hybridized carbons (Fsp3) is 0.167. The van der Waals surface area contributed by atoms with Gasteiger partial charge in [0.2, 0.25) is 0 Å². The number of nitrogens with one attached hydrogen (secondary N) is 2. The smallest absolute Gasteiger partial charge is 0.171 e. The van der Waals surface area contributed by atoms with Crippen molar-refractivity contribution >= 4 is 16.7 Å². The third kappa shape index (κ3) is 4.49. The van der Waals surface area contributed by atoms with Crippen LogP contribution in [0.5, 0.6) is 0 Å². The van der Waals surface area contributed by atoms with Gasteiger partial charge in [-0.25, -0.2) is 18.2 Å². The van der Waals surface area contributed by atoms with Crippen molar-refractivity contribution in [2.24, 2.45) is 0 Å². The highest BCUT2D eigenvalue weighted by molar-refractivity contribution is 6.01. The molecule has 39 heavy (non-hydrogen) atoms. The van der Waals surface area contributed by atoms with Gasteiger partial charge in [-0.15, -0.1) is 0 Å². The summed E-state index contributed by atoms with van der Waals surface area (Å²) < 4.78 is 44.1. The van der Waals surface area contributed by atoms with Crippen molar-refractivity contribution in [3.8, 4) is 28.5 Å². The van der Waals surface area contributed by atoms with Crippen molar-refractivity contribution < 1.29 is 13.2 Å². The van der Waals surface area contributed by atoms with Gasteiger partial charge < -0.3 is 10.2 Å². The second-order valence-corrected chi connectivity index (χ2v) is 9.38. The Morgan fingerprint density at radius 1 is 0.872 bits per heavy atom. The molecule has 2 aromatic heterocycles. The van der Waals surface area contributed by atoms with Crippen LogP contribution in [0, 0.1) is 28.8 Å². The molecule has 0 unspecified atom stereocenters. The van der Waals surface area contributed by atoms with Crippen LogP contribution in [0.4, 0.5) is 18.9 Å². The molecule has 0 spiro atoms. The van der Waals surface area contributed by atoms with Crippen LogP contribution in [0.25, 0.3) is 33.4 Å². The molecule has 0 bridgehead atoms. The highest BCUT2D eigenvalue weighted by atomic mass is 19.2. The minimum Gasteiger partial charge on any atom is -0.369 e. The SMILES string of the molecule is N#Cc1c(-c2c(F)ccc(F)c2F)nc2[nH]nc(Cc3ccccc3)c2c1-c1ccc(N2CCNCC2)cc1. The Kier molecular flexibility index (Phi) is 6.47. The number of halogens is 3. The normalized spacial score (nSPS) is 13.5. The standard InChI is InChI=1S/C30H23F3N6/c31-22-10-11-23(32)28(33)26(22)29-21(17-34)25(19-6-8-20(9-7-19)39-14-12-35-13-15-39)27-24(37-38-30(27)36-29)16-18-4-2-1-3-5-18/h1-11,35H,12-16H2,(H,36,37,38). The van der Waals surface area contributed by atoms with Crippen molar-refractivity contribution in [2.75, 3.05) is 31.1 Å². The molecule has 9 heteroatoms. The number of piperazine rings is 1. The number of pyridine rings is 1. The predicted octanol–water partition coefficient (Wildman–Crippen LogP) is 5.58. The highest BCUT2D eigenvalue weighted by Crippen LogP contribution is 2.40. The van der Waals surface area contributed by atoms with Gasteiger partial charge in [0.05, 0.1) is 27.9 Å². The molecule has 1 fully saturated rings. The number of fused-ring (bicyclic) bond motifs is 1. The lowest BCUT2D eigenvalue weighted by atomic mass is 9.91. The maximum Gasteiger partial charge on any atom is 0.171 e. The minimum atomic E-state index is -1.40. The summed E-state index contributed by atoms with van der Waals surface area (Å²) in [6.07, 6.45) is 0.446. The molecular weight excluding hydrogens is 501 g/mol. The van der Waals surface area contributed by atoms with Crippen LogP contribution in [0.2, 0.25) is 0 Å². The molecular formula is C30H23F3N6. The van der Waals surface area contributed by atoms with Gasteiger partial charge in [-0.3, -0.25) is 5.10 Å². The Bertz CT molecular complexity index is 1700. The zero-order valence-corrected chi connectivity index (χ0v) is 20.8. The van der Waals surface area contributed by atoms with Gasteiger partial charge in [0.15, 0.2) is 17.3 Å². The van der Waals surface area contributed by atoms with Crippen molar-refractivity contribution in [2.45, 2.75) is 6.42 Å². The quantitative estimate of drug-likeness (QED) is 0.294. The van der Waals surface area contributed by atoms with Gasteiger partial charge in [-0.1, -0.05) is 42.5 Å². The molecule has 0 atom stereocenters. The summed E-state index contributed by atoms with van der Waals surface area (Å²) in [5, 5.41) is 21.6. The zero-order valence-electron chi connectivity index (χ0n) is 20.8. The Balaban J connectivity index is 1.59. The molecule has 6 nitrogen and oxygen atoms in total. The monoisotopic (exact) mass is 524 g/mol. The van der Waals surface area contributed by atoms with Gasteiger partial charge in [-0.2, -0.15) is 10.4 Å².